The standard InChI is InChI=1S/C11H13BrN2O5/c1-19-9-4-6(2-3-7(9)12)13-11(18)14-8(5-15)10(16)17/h2-4,8,15H,5H2,1H3,(H,16,17)(H2,13,14,18)/t8-/m1/s1. The zero-order valence-corrected chi connectivity index (χ0v) is 11.6. The molecule has 0 saturated heterocycles. The number of hydrogen-bond donors (Lipinski definition) is 4. The fourth-order valence-corrected chi connectivity index (χ4v) is 1.66. The summed E-state index contributed by atoms with van der Waals surface area (Å²) in [5.74, 6) is -0.791. The van der Waals surface area contributed by atoms with Gasteiger partial charge in [0.2, 0.25) is 0 Å². The second kappa shape index (κ2) is 6.95. The maximum absolute atomic E-state index is 11.5. The third-order valence-electron chi connectivity index (χ3n) is 2.19. The van der Waals surface area contributed by atoms with Crippen LogP contribution in [0.25, 0.3) is 0 Å². The number of aliphatic hydroxyl groups is 1. The van der Waals surface area contributed by atoms with Crippen molar-refractivity contribution in [1.29, 1.82) is 0 Å². The monoisotopic (exact) mass is 332 g/mol. The van der Waals surface area contributed by atoms with Crippen LogP contribution in [0.5, 0.6) is 5.75 Å². The van der Waals surface area contributed by atoms with Crippen LogP contribution < -0.4 is 15.4 Å². The van der Waals surface area contributed by atoms with Gasteiger partial charge in [0.05, 0.1) is 18.2 Å². The maximum Gasteiger partial charge on any atom is 0.328 e. The van der Waals surface area contributed by atoms with Gasteiger partial charge in [-0.3, -0.25) is 0 Å². The normalized spacial score (nSPS) is 11.5. The van der Waals surface area contributed by atoms with E-state index < -0.39 is 24.6 Å². The summed E-state index contributed by atoms with van der Waals surface area (Å²) < 4.78 is 5.78. The molecule has 0 unspecified atom stereocenters. The largest absolute Gasteiger partial charge is 0.495 e. The highest BCUT2D eigenvalue weighted by molar-refractivity contribution is 9.10. The number of urea groups is 1. The first-order chi connectivity index (χ1) is 8.97. The number of nitrogens with one attached hydrogen (secondary N) is 2. The van der Waals surface area contributed by atoms with Crippen LogP contribution in [0.3, 0.4) is 0 Å². The van der Waals surface area contributed by atoms with Crippen LogP contribution >= 0.6 is 15.9 Å². The van der Waals surface area contributed by atoms with E-state index in [2.05, 4.69) is 26.6 Å². The third-order valence-corrected chi connectivity index (χ3v) is 2.85. The van der Waals surface area contributed by atoms with Gasteiger partial charge in [-0.1, -0.05) is 0 Å². The summed E-state index contributed by atoms with van der Waals surface area (Å²) in [6.07, 6.45) is 0. The molecule has 19 heavy (non-hydrogen) atoms. The van der Waals surface area contributed by atoms with Gasteiger partial charge in [0.1, 0.15) is 5.75 Å². The highest BCUT2D eigenvalue weighted by Gasteiger charge is 2.18. The topological polar surface area (TPSA) is 108 Å². The van der Waals surface area contributed by atoms with Crippen molar-refractivity contribution in [2.24, 2.45) is 0 Å². The average Bonchev–Trinajstić information content (AvgIpc) is 2.37. The van der Waals surface area contributed by atoms with E-state index in [0.717, 1.165) is 4.47 Å². The number of ether oxygens (including phenoxy) is 1. The number of benzene rings is 1. The van der Waals surface area contributed by atoms with E-state index >= 15 is 0 Å². The molecule has 104 valence electrons. The molecule has 0 aliphatic carbocycles. The Hall–Kier alpha value is -1.80. The molecule has 1 aromatic rings. The van der Waals surface area contributed by atoms with Gasteiger partial charge in [-0.15, -0.1) is 0 Å². The smallest absolute Gasteiger partial charge is 0.328 e. The van der Waals surface area contributed by atoms with Crippen molar-refractivity contribution in [3.8, 4) is 5.75 Å². The van der Waals surface area contributed by atoms with Gasteiger partial charge in [0.15, 0.2) is 6.04 Å². The molecule has 1 aromatic carbocycles. The Morgan fingerprint density at radius 1 is 1.47 bits per heavy atom. The Morgan fingerprint density at radius 3 is 2.68 bits per heavy atom. The molecule has 1 atom stereocenters. The van der Waals surface area contributed by atoms with Gasteiger partial charge < -0.3 is 25.6 Å². The Labute approximate surface area is 117 Å². The molecule has 0 spiro atoms. The van der Waals surface area contributed by atoms with Crippen molar-refractivity contribution in [1.82, 2.24) is 5.32 Å². The van der Waals surface area contributed by atoms with E-state index in [4.69, 9.17) is 14.9 Å². The maximum atomic E-state index is 11.5. The molecule has 0 fully saturated rings. The van der Waals surface area contributed by atoms with Gasteiger partial charge in [-0.05, 0) is 28.1 Å². The van der Waals surface area contributed by atoms with Crippen molar-refractivity contribution >= 4 is 33.6 Å². The number of carboxylic acids is 1. The minimum absolute atomic E-state index is 0.430. The van der Waals surface area contributed by atoms with Crippen molar-refractivity contribution in [2.45, 2.75) is 6.04 Å². The molecule has 0 aliphatic rings. The number of anilines is 1. The first-order valence-electron chi connectivity index (χ1n) is 5.22. The quantitative estimate of drug-likeness (QED) is 0.644. The number of aliphatic hydroxyl groups excluding tert-OH is 1. The summed E-state index contributed by atoms with van der Waals surface area (Å²) in [6.45, 7) is -0.688. The molecule has 0 heterocycles. The molecular formula is C11H13BrN2O5. The number of aliphatic carboxylic acids is 1. The number of amides is 2. The van der Waals surface area contributed by atoms with E-state index in [-0.39, 0.29) is 0 Å². The Kier molecular flexibility index (Phi) is 5.58. The number of carboxylic acid groups (broad SMARTS) is 1. The minimum Gasteiger partial charge on any atom is -0.495 e. The van der Waals surface area contributed by atoms with Crippen molar-refractivity contribution in [3.05, 3.63) is 22.7 Å². The summed E-state index contributed by atoms with van der Waals surface area (Å²) in [5, 5.41) is 22.0. The van der Waals surface area contributed by atoms with Gasteiger partial charge in [0.25, 0.3) is 0 Å². The summed E-state index contributed by atoms with van der Waals surface area (Å²) in [5.41, 5.74) is 0.430. The van der Waals surface area contributed by atoms with Crippen molar-refractivity contribution in [3.63, 3.8) is 0 Å². The van der Waals surface area contributed by atoms with Crippen LogP contribution in [0.15, 0.2) is 22.7 Å². The highest BCUT2D eigenvalue weighted by atomic mass is 79.9. The number of halogens is 1. The predicted octanol–water partition coefficient (Wildman–Crippen LogP) is 1.02. The lowest BCUT2D eigenvalue weighted by Gasteiger charge is -2.13. The molecule has 4 N–H and O–H groups in total. The Bertz CT molecular complexity index is 480. The Morgan fingerprint density at radius 2 is 2.16 bits per heavy atom. The summed E-state index contributed by atoms with van der Waals surface area (Å²) >= 11 is 3.26. The van der Waals surface area contributed by atoms with Gasteiger partial charge in [0, 0.05) is 11.8 Å². The summed E-state index contributed by atoms with van der Waals surface area (Å²) in [4.78, 5) is 22.2. The van der Waals surface area contributed by atoms with Gasteiger partial charge >= 0.3 is 12.0 Å². The lowest BCUT2D eigenvalue weighted by atomic mass is 10.3. The van der Waals surface area contributed by atoms with Crippen LogP contribution in [0.1, 0.15) is 0 Å². The second-order valence-electron chi connectivity index (χ2n) is 3.52. The number of hydrogen-bond acceptors (Lipinski definition) is 4. The van der Waals surface area contributed by atoms with Crippen LogP contribution in [-0.4, -0.2) is 42.0 Å². The van der Waals surface area contributed by atoms with E-state index in [1.165, 1.54) is 7.11 Å². The minimum atomic E-state index is -1.35. The average molecular weight is 333 g/mol. The SMILES string of the molecule is COc1cc(NC(=O)N[C@H](CO)C(=O)O)ccc1Br. The zero-order chi connectivity index (χ0) is 14.4. The molecule has 2 amide bonds. The second-order valence-corrected chi connectivity index (χ2v) is 4.38. The van der Waals surface area contributed by atoms with E-state index in [1.54, 1.807) is 18.2 Å². The summed E-state index contributed by atoms with van der Waals surface area (Å²) in [6, 6.07) is 2.78. The van der Waals surface area contributed by atoms with Crippen LogP contribution in [-0.2, 0) is 4.79 Å². The lowest BCUT2D eigenvalue weighted by Crippen LogP contribution is -2.45. The molecule has 0 radical (unpaired) electrons. The lowest BCUT2D eigenvalue weighted by molar-refractivity contribution is -0.140. The molecule has 0 bridgehead atoms. The summed E-state index contributed by atoms with van der Waals surface area (Å²) in [7, 11) is 1.48. The number of carbonyl (C=O) groups excluding carboxylic acids is 1. The molecule has 8 heteroatoms. The zero-order valence-electron chi connectivity index (χ0n) is 10.0. The van der Waals surface area contributed by atoms with Crippen LogP contribution in [0.2, 0.25) is 0 Å². The van der Waals surface area contributed by atoms with Gasteiger partial charge in [-0.2, -0.15) is 0 Å². The van der Waals surface area contributed by atoms with Crippen LogP contribution in [0.4, 0.5) is 10.5 Å². The van der Waals surface area contributed by atoms with E-state index in [0.29, 0.717) is 11.4 Å². The third kappa shape index (κ3) is 4.42. The van der Waals surface area contributed by atoms with E-state index in [1.807, 2.05) is 0 Å². The fraction of sp³-hybridized carbons (Fsp3) is 0.273. The fourth-order valence-electron chi connectivity index (χ4n) is 1.25. The Balaban J connectivity index is 2.69. The number of carbonyl (C=O) groups is 2. The first-order valence-corrected chi connectivity index (χ1v) is 6.02. The molecule has 1 rings (SSSR count). The highest BCUT2D eigenvalue weighted by Crippen LogP contribution is 2.27. The van der Waals surface area contributed by atoms with Crippen molar-refractivity contribution < 1.29 is 24.5 Å². The molecule has 0 aliphatic heterocycles. The molecule has 0 saturated carbocycles. The number of methoxy groups -OCH3 is 1. The van der Waals surface area contributed by atoms with Crippen LogP contribution in [0, 0.1) is 0 Å². The van der Waals surface area contributed by atoms with Crippen molar-refractivity contribution in [2.75, 3.05) is 19.0 Å². The number of rotatable bonds is 5. The molecular weight excluding hydrogens is 320 g/mol. The molecule has 0 aromatic heterocycles. The van der Waals surface area contributed by atoms with E-state index in [9.17, 15) is 9.59 Å². The first kappa shape index (κ1) is 15.3. The van der Waals surface area contributed by atoms with Gasteiger partial charge in [-0.25, -0.2) is 9.59 Å². The predicted molar refractivity (Wildman–Crippen MR) is 71.4 cm³/mol. The molecule has 7 nitrogen and oxygen atoms in total.